The van der Waals surface area contributed by atoms with Crippen molar-refractivity contribution in [3.05, 3.63) is 29.8 Å². The summed E-state index contributed by atoms with van der Waals surface area (Å²) >= 11 is 5.42. The van der Waals surface area contributed by atoms with Crippen LogP contribution in [0.5, 0.6) is 5.75 Å². The molecule has 1 rings (SSSR count). The Morgan fingerprint density at radius 2 is 1.70 bits per heavy atom. The lowest BCUT2D eigenvalue weighted by Gasteiger charge is -2.08. The molecule has 0 radical (unpaired) electrons. The number of amides is 2. The first-order valence-corrected chi connectivity index (χ1v) is 6.94. The number of hydrogen-bond acceptors (Lipinski definition) is 3. The van der Waals surface area contributed by atoms with Crippen molar-refractivity contribution in [1.29, 1.82) is 0 Å². The fraction of sp³-hybridized carbons (Fsp3) is 0.429. The van der Waals surface area contributed by atoms with Gasteiger partial charge >= 0.3 is 0 Å². The molecule has 0 spiro atoms. The summed E-state index contributed by atoms with van der Waals surface area (Å²) in [5.41, 5.74) is 1.13. The minimum absolute atomic E-state index is 0.0430. The Morgan fingerprint density at radius 3 is 2.30 bits per heavy atom. The lowest BCUT2D eigenvalue weighted by Crippen LogP contribution is -2.36. The summed E-state index contributed by atoms with van der Waals surface area (Å²) in [7, 11) is 0. The number of alkyl halides is 1. The predicted octanol–water partition coefficient (Wildman–Crippen LogP) is 1.24. The van der Waals surface area contributed by atoms with Crippen LogP contribution >= 0.6 is 11.6 Å². The second kappa shape index (κ2) is 9.20. The Balaban J connectivity index is 2.11. The lowest BCUT2D eigenvalue weighted by molar-refractivity contribution is -0.124. The third-order valence-electron chi connectivity index (χ3n) is 2.48. The molecule has 0 fully saturated rings. The van der Waals surface area contributed by atoms with E-state index >= 15 is 0 Å². The van der Waals surface area contributed by atoms with Crippen molar-refractivity contribution < 1.29 is 14.3 Å². The Bertz CT molecular complexity index is 435. The molecule has 0 aliphatic carbocycles. The molecule has 0 aromatic heterocycles. The van der Waals surface area contributed by atoms with Gasteiger partial charge in [-0.15, -0.1) is 11.6 Å². The smallest absolute Gasteiger partial charge is 0.258 e. The van der Waals surface area contributed by atoms with Gasteiger partial charge in [-0.3, -0.25) is 9.59 Å². The molecule has 0 atom stereocenters. The van der Waals surface area contributed by atoms with Gasteiger partial charge < -0.3 is 15.4 Å². The van der Waals surface area contributed by atoms with Gasteiger partial charge in [-0.2, -0.15) is 0 Å². The van der Waals surface area contributed by atoms with E-state index in [9.17, 15) is 9.59 Å². The maximum absolute atomic E-state index is 11.5. The van der Waals surface area contributed by atoms with Crippen LogP contribution in [0.25, 0.3) is 0 Å². The molecule has 1 aromatic rings. The molecule has 1 aromatic carbocycles. The van der Waals surface area contributed by atoms with Crippen molar-refractivity contribution in [3.63, 3.8) is 0 Å². The van der Waals surface area contributed by atoms with Crippen LogP contribution in [0.3, 0.4) is 0 Å². The minimum atomic E-state index is -0.225. The average Bonchev–Trinajstić information content (AvgIpc) is 2.43. The van der Waals surface area contributed by atoms with E-state index in [-0.39, 0.29) is 24.8 Å². The summed E-state index contributed by atoms with van der Waals surface area (Å²) < 4.78 is 5.32. The van der Waals surface area contributed by atoms with E-state index in [0.717, 1.165) is 5.56 Å². The quantitative estimate of drug-likeness (QED) is 0.560. The molecule has 2 amide bonds. The first-order chi connectivity index (χ1) is 9.61. The minimum Gasteiger partial charge on any atom is -0.484 e. The molecule has 0 saturated carbocycles. The van der Waals surface area contributed by atoms with Crippen LogP contribution < -0.4 is 15.4 Å². The number of rotatable bonds is 8. The molecule has 0 saturated heterocycles. The number of carbonyl (C=O) groups excluding carboxylic acids is 2. The summed E-state index contributed by atoms with van der Waals surface area (Å²) in [4.78, 5) is 22.6. The third kappa shape index (κ3) is 6.99. The molecular formula is C14H19ClN2O3. The van der Waals surface area contributed by atoms with Crippen molar-refractivity contribution in [1.82, 2.24) is 10.6 Å². The van der Waals surface area contributed by atoms with E-state index < -0.39 is 0 Å². The molecule has 110 valence electrons. The van der Waals surface area contributed by atoms with E-state index in [1.54, 1.807) is 0 Å². The van der Waals surface area contributed by atoms with Gasteiger partial charge in [-0.25, -0.2) is 0 Å². The van der Waals surface area contributed by atoms with Crippen molar-refractivity contribution >= 4 is 23.4 Å². The van der Waals surface area contributed by atoms with Crippen molar-refractivity contribution in [2.24, 2.45) is 0 Å². The van der Waals surface area contributed by atoms with Crippen molar-refractivity contribution in [2.75, 3.05) is 25.6 Å². The van der Waals surface area contributed by atoms with Crippen molar-refractivity contribution in [3.8, 4) is 5.75 Å². The summed E-state index contributed by atoms with van der Waals surface area (Å²) in [6.07, 6.45) is 0.284. The highest BCUT2D eigenvalue weighted by Crippen LogP contribution is 2.10. The highest BCUT2D eigenvalue weighted by Gasteiger charge is 2.03. The maximum atomic E-state index is 11.5. The van der Waals surface area contributed by atoms with Gasteiger partial charge in [-0.1, -0.05) is 17.7 Å². The van der Waals surface area contributed by atoms with Crippen LogP contribution in [0.2, 0.25) is 0 Å². The van der Waals surface area contributed by atoms with Crippen molar-refractivity contribution in [2.45, 2.75) is 13.3 Å². The van der Waals surface area contributed by atoms with Gasteiger partial charge in [0.25, 0.3) is 5.91 Å². The summed E-state index contributed by atoms with van der Waals surface area (Å²) in [5, 5.41) is 5.29. The molecule has 0 heterocycles. The molecule has 2 N–H and O–H groups in total. The van der Waals surface area contributed by atoms with Crippen LogP contribution in [0.15, 0.2) is 24.3 Å². The maximum Gasteiger partial charge on any atom is 0.258 e. The Labute approximate surface area is 123 Å². The first kappa shape index (κ1) is 16.3. The monoisotopic (exact) mass is 298 g/mol. The molecule has 6 heteroatoms. The number of benzene rings is 1. The molecule has 0 aliphatic rings. The Morgan fingerprint density at radius 1 is 1.10 bits per heavy atom. The highest BCUT2D eigenvalue weighted by molar-refractivity contribution is 6.18. The number of nitrogens with one attached hydrogen (secondary N) is 2. The van der Waals surface area contributed by atoms with Gasteiger partial charge in [-0.05, 0) is 19.1 Å². The number of hydrogen-bond donors (Lipinski definition) is 2. The first-order valence-electron chi connectivity index (χ1n) is 6.40. The van der Waals surface area contributed by atoms with Crippen LogP contribution in [-0.2, 0) is 9.59 Å². The van der Waals surface area contributed by atoms with Gasteiger partial charge in [0.05, 0.1) is 0 Å². The molecule has 5 nitrogen and oxygen atoms in total. The summed E-state index contributed by atoms with van der Waals surface area (Å²) in [5.74, 6) is 0.603. The zero-order chi connectivity index (χ0) is 14.8. The van der Waals surface area contributed by atoms with Gasteiger partial charge in [0.2, 0.25) is 5.91 Å². The van der Waals surface area contributed by atoms with E-state index in [0.29, 0.717) is 24.7 Å². The normalized spacial score (nSPS) is 9.90. The van der Waals surface area contributed by atoms with E-state index in [1.807, 2.05) is 31.2 Å². The lowest BCUT2D eigenvalue weighted by atomic mass is 10.2. The van der Waals surface area contributed by atoms with Crippen LogP contribution in [0.4, 0.5) is 0 Å². The van der Waals surface area contributed by atoms with Crippen LogP contribution in [-0.4, -0.2) is 37.4 Å². The van der Waals surface area contributed by atoms with E-state index in [4.69, 9.17) is 16.3 Å². The zero-order valence-corrected chi connectivity index (χ0v) is 12.2. The third-order valence-corrected chi connectivity index (χ3v) is 2.67. The zero-order valence-electron chi connectivity index (χ0n) is 11.4. The average molecular weight is 299 g/mol. The topological polar surface area (TPSA) is 67.4 Å². The fourth-order valence-corrected chi connectivity index (χ4v) is 1.58. The Hall–Kier alpha value is -1.75. The van der Waals surface area contributed by atoms with Crippen LogP contribution in [0, 0.1) is 6.92 Å². The SMILES string of the molecule is Cc1ccc(OCC(=O)NCCNC(=O)CCCl)cc1. The summed E-state index contributed by atoms with van der Waals surface area (Å²) in [6, 6.07) is 7.46. The number of carbonyl (C=O) groups is 2. The van der Waals surface area contributed by atoms with Gasteiger partial charge in [0.15, 0.2) is 6.61 Å². The van der Waals surface area contributed by atoms with E-state index in [2.05, 4.69) is 10.6 Å². The predicted molar refractivity (Wildman–Crippen MR) is 78.0 cm³/mol. The highest BCUT2D eigenvalue weighted by atomic mass is 35.5. The number of halogens is 1. The molecule has 20 heavy (non-hydrogen) atoms. The molecule has 0 bridgehead atoms. The summed E-state index contributed by atoms with van der Waals surface area (Å²) in [6.45, 7) is 2.68. The standard InChI is InChI=1S/C14H19ClN2O3/c1-11-2-4-12(5-3-11)20-10-14(19)17-9-8-16-13(18)6-7-15/h2-5H,6-10H2,1H3,(H,16,18)(H,17,19). The largest absolute Gasteiger partial charge is 0.484 e. The van der Waals surface area contributed by atoms with Gasteiger partial charge in [0, 0.05) is 25.4 Å². The fourth-order valence-electron chi connectivity index (χ4n) is 1.41. The van der Waals surface area contributed by atoms with Gasteiger partial charge in [0.1, 0.15) is 5.75 Å². The second-order valence-electron chi connectivity index (χ2n) is 4.24. The molecular weight excluding hydrogens is 280 g/mol. The number of ether oxygens (including phenoxy) is 1. The van der Waals surface area contributed by atoms with Crippen LogP contribution in [0.1, 0.15) is 12.0 Å². The Kier molecular flexibility index (Phi) is 7.50. The second-order valence-corrected chi connectivity index (χ2v) is 4.62. The number of aryl methyl sites for hydroxylation is 1. The van der Waals surface area contributed by atoms with E-state index in [1.165, 1.54) is 0 Å². The molecule has 0 unspecified atom stereocenters. The molecule has 0 aliphatic heterocycles.